The van der Waals surface area contributed by atoms with Crippen LogP contribution in [0.15, 0.2) is 0 Å². The maximum Gasteiger partial charge on any atom is 0.315 e. The van der Waals surface area contributed by atoms with Gasteiger partial charge in [0.25, 0.3) is 0 Å². The van der Waals surface area contributed by atoms with Gasteiger partial charge in [-0.05, 0) is 68.6 Å². The third kappa shape index (κ3) is 3.07. The van der Waals surface area contributed by atoms with E-state index in [-0.39, 0.29) is 11.6 Å². The van der Waals surface area contributed by atoms with E-state index in [1.54, 1.807) is 0 Å². The zero-order valence-corrected chi connectivity index (χ0v) is 15.2. The van der Waals surface area contributed by atoms with Crippen LogP contribution in [0.5, 0.6) is 0 Å². The van der Waals surface area contributed by atoms with Crippen molar-refractivity contribution < 1.29 is 9.53 Å². The first-order valence-electron chi connectivity index (χ1n) is 10.3. The summed E-state index contributed by atoms with van der Waals surface area (Å²) in [6, 6.07) is 0.386. The van der Waals surface area contributed by atoms with Crippen molar-refractivity contribution in [2.75, 3.05) is 13.7 Å². The van der Waals surface area contributed by atoms with Crippen molar-refractivity contribution in [3.05, 3.63) is 0 Å². The minimum atomic E-state index is -0.103. The third-order valence-electron chi connectivity index (χ3n) is 7.62. The molecule has 2 amide bonds. The monoisotopic (exact) mass is 334 g/mol. The average molecular weight is 335 g/mol. The van der Waals surface area contributed by atoms with Gasteiger partial charge in [0.15, 0.2) is 0 Å². The molecule has 5 rings (SSSR count). The van der Waals surface area contributed by atoms with Gasteiger partial charge in [0.2, 0.25) is 0 Å². The predicted octanol–water partition coefficient (Wildman–Crippen LogP) is 3.85. The molecule has 5 aliphatic carbocycles. The Labute approximate surface area is 146 Å². The van der Waals surface area contributed by atoms with Crippen LogP contribution in [0.4, 0.5) is 4.79 Å². The van der Waals surface area contributed by atoms with Crippen LogP contribution in [0.3, 0.4) is 0 Å². The second-order valence-electron chi connectivity index (χ2n) is 8.98. The Morgan fingerprint density at radius 2 is 1.54 bits per heavy atom. The van der Waals surface area contributed by atoms with Crippen molar-refractivity contribution >= 4 is 6.03 Å². The molecular weight excluding hydrogens is 300 g/mol. The molecule has 0 aromatic heterocycles. The lowest BCUT2D eigenvalue weighted by molar-refractivity contribution is -0.186. The molecule has 4 bridgehead atoms. The topological polar surface area (TPSA) is 50.4 Å². The highest BCUT2D eigenvalue weighted by molar-refractivity contribution is 5.74. The summed E-state index contributed by atoms with van der Waals surface area (Å²) in [6.07, 6.45) is 14.1. The SMILES string of the molecule is COC1(CNC(=O)NC2CCCCCC2)C2CC3CC(C2)CC1C3. The fraction of sp³-hybridized carbons (Fsp3) is 0.950. The van der Waals surface area contributed by atoms with Gasteiger partial charge in [-0.15, -0.1) is 0 Å². The van der Waals surface area contributed by atoms with Gasteiger partial charge in [-0.3, -0.25) is 0 Å². The molecule has 2 N–H and O–H groups in total. The predicted molar refractivity (Wildman–Crippen MR) is 94.8 cm³/mol. The number of hydrogen-bond acceptors (Lipinski definition) is 2. The average Bonchev–Trinajstić information content (AvgIpc) is 2.83. The molecule has 24 heavy (non-hydrogen) atoms. The van der Waals surface area contributed by atoms with Crippen molar-refractivity contribution in [3.8, 4) is 0 Å². The summed E-state index contributed by atoms with van der Waals surface area (Å²) in [4.78, 5) is 12.4. The van der Waals surface area contributed by atoms with Crippen molar-refractivity contribution in [3.63, 3.8) is 0 Å². The number of ether oxygens (including phenoxy) is 1. The normalized spacial score (nSPS) is 41.9. The molecule has 0 unspecified atom stereocenters. The Morgan fingerprint density at radius 3 is 2.08 bits per heavy atom. The van der Waals surface area contributed by atoms with E-state index in [9.17, 15) is 4.79 Å². The van der Waals surface area contributed by atoms with E-state index in [1.165, 1.54) is 57.8 Å². The van der Waals surface area contributed by atoms with Crippen molar-refractivity contribution in [2.24, 2.45) is 23.7 Å². The van der Waals surface area contributed by atoms with E-state index in [1.807, 2.05) is 7.11 Å². The first kappa shape index (κ1) is 16.7. The summed E-state index contributed by atoms with van der Waals surface area (Å²) in [6.45, 7) is 0.691. The molecule has 136 valence electrons. The molecule has 5 fully saturated rings. The van der Waals surface area contributed by atoms with Gasteiger partial charge < -0.3 is 15.4 Å². The van der Waals surface area contributed by atoms with Gasteiger partial charge in [0.1, 0.15) is 0 Å². The van der Waals surface area contributed by atoms with Gasteiger partial charge in [-0.1, -0.05) is 25.7 Å². The Kier molecular flexibility index (Phi) is 4.77. The standard InChI is InChI=1S/C20H34N2O2/c1-24-20(16-9-14-8-15(11-16)12-17(20)10-14)13-21-19(23)22-18-6-4-2-3-5-7-18/h14-18H,2-13H2,1H3,(H2,21,22,23). The van der Waals surface area contributed by atoms with Gasteiger partial charge in [-0.25, -0.2) is 4.79 Å². The molecule has 0 atom stereocenters. The molecule has 4 nitrogen and oxygen atoms in total. The summed E-state index contributed by atoms with van der Waals surface area (Å²) in [7, 11) is 1.87. The third-order valence-corrected chi connectivity index (χ3v) is 7.62. The lowest BCUT2D eigenvalue weighted by atomic mass is 9.49. The van der Waals surface area contributed by atoms with Crippen LogP contribution in [0.2, 0.25) is 0 Å². The van der Waals surface area contributed by atoms with Crippen molar-refractivity contribution in [1.82, 2.24) is 10.6 Å². The number of nitrogens with one attached hydrogen (secondary N) is 2. The summed E-state index contributed by atoms with van der Waals surface area (Å²) >= 11 is 0. The van der Waals surface area contributed by atoms with E-state index in [2.05, 4.69) is 10.6 Å². The van der Waals surface area contributed by atoms with Crippen LogP contribution in [0.1, 0.15) is 70.6 Å². The Bertz CT molecular complexity index is 429. The quantitative estimate of drug-likeness (QED) is 0.767. The molecule has 5 aliphatic rings. The van der Waals surface area contributed by atoms with Crippen LogP contribution >= 0.6 is 0 Å². The zero-order valence-electron chi connectivity index (χ0n) is 15.2. The highest BCUT2D eigenvalue weighted by Crippen LogP contribution is 2.59. The number of amides is 2. The van der Waals surface area contributed by atoms with Crippen molar-refractivity contribution in [2.45, 2.75) is 82.3 Å². The number of urea groups is 1. The second-order valence-corrected chi connectivity index (χ2v) is 8.98. The van der Waals surface area contributed by atoms with E-state index in [4.69, 9.17) is 4.74 Å². The van der Waals surface area contributed by atoms with Crippen LogP contribution in [-0.2, 0) is 4.74 Å². The number of carbonyl (C=O) groups excluding carboxylic acids is 1. The van der Waals surface area contributed by atoms with Crippen LogP contribution < -0.4 is 10.6 Å². The molecule has 0 saturated heterocycles. The number of rotatable bonds is 4. The fourth-order valence-electron chi connectivity index (χ4n) is 6.55. The molecule has 0 aliphatic heterocycles. The molecule has 5 saturated carbocycles. The molecule has 0 aromatic carbocycles. The zero-order chi connectivity index (χ0) is 16.6. The largest absolute Gasteiger partial charge is 0.376 e. The summed E-state index contributed by atoms with van der Waals surface area (Å²) in [5, 5.41) is 6.41. The minimum absolute atomic E-state index is 0.0205. The van der Waals surface area contributed by atoms with E-state index < -0.39 is 0 Å². The number of hydrogen-bond donors (Lipinski definition) is 2. The van der Waals surface area contributed by atoms with E-state index in [0.717, 1.165) is 24.7 Å². The summed E-state index contributed by atoms with van der Waals surface area (Å²) in [5.74, 6) is 3.15. The maximum absolute atomic E-state index is 12.4. The van der Waals surface area contributed by atoms with Crippen molar-refractivity contribution in [1.29, 1.82) is 0 Å². The van der Waals surface area contributed by atoms with Crippen LogP contribution in [0, 0.1) is 23.7 Å². The molecule has 0 radical (unpaired) electrons. The molecule has 0 aromatic rings. The fourth-order valence-corrected chi connectivity index (χ4v) is 6.55. The Balaban J connectivity index is 1.34. The minimum Gasteiger partial charge on any atom is -0.376 e. The van der Waals surface area contributed by atoms with Crippen LogP contribution in [0.25, 0.3) is 0 Å². The Hall–Kier alpha value is -0.770. The van der Waals surface area contributed by atoms with Crippen LogP contribution in [-0.4, -0.2) is 31.3 Å². The smallest absolute Gasteiger partial charge is 0.315 e. The molecule has 4 heteroatoms. The number of carbonyl (C=O) groups is 1. The Morgan fingerprint density at radius 1 is 0.958 bits per heavy atom. The van der Waals surface area contributed by atoms with E-state index >= 15 is 0 Å². The lowest BCUT2D eigenvalue weighted by Gasteiger charge is -2.60. The molecule has 0 spiro atoms. The van der Waals surface area contributed by atoms with E-state index in [0.29, 0.717) is 24.4 Å². The van der Waals surface area contributed by atoms with Gasteiger partial charge in [0.05, 0.1) is 5.60 Å². The lowest BCUT2D eigenvalue weighted by Crippen LogP contribution is -2.63. The highest BCUT2D eigenvalue weighted by Gasteiger charge is 2.57. The molecule has 0 heterocycles. The summed E-state index contributed by atoms with van der Waals surface area (Å²) < 4.78 is 6.13. The first-order valence-corrected chi connectivity index (χ1v) is 10.3. The van der Waals surface area contributed by atoms with Gasteiger partial charge in [-0.2, -0.15) is 0 Å². The number of methoxy groups -OCH3 is 1. The molecular formula is C20H34N2O2. The van der Waals surface area contributed by atoms with Gasteiger partial charge >= 0.3 is 6.03 Å². The summed E-state index contributed by atoms with van der Waals surface area (Å²) in [5.41, 5.74) is -0.103. The first-order chi connectivity index (χ1) is 11.7. The van der Waals surface area contributed by atoms with Gasteiger partial charge in [0, 0.05) is 19.7 Å². The second kappa shape index (κ2) is 6.86. The highest BCUT2D eigenvalue weighted by atomic mass is 16.5. The maximum atomic E-state index is 12.4.